The SMILES string of the molecule is COC(=O)c1cccc(C(Cl)S(=O)(=O)Cl)c1. The average molecular weight is 283 g/mol. The summed E-state index contributed by atoms with van der Waals surface area (Å²) < 4.78 is 25.1. The van der Waals surface area contributed by atoms with E-state index in [0.717, 1.165) is 0 Å². The quantitative estimate of drug-likeness (QED) is 0.485. The summed E-state index contributed by atoms with van der Waals surface area (Å²) in [7, 11) is 2.42. The third kappa shape index (κ3) is 3.10. The molecule has 0 radical (unpaired) electrons. The van der Waals surface area contributed by atoms with Gasteiger partial charge in [-0.15, -0.1) is 0 Å². The molecule has 0 N–H and O–H groups in total. The second kappa shape index (κ2) is 5.03. The number of carbonyl (C=O) groups is 1. The van der Waals surface area contributed by atoms with E-state index in [1.54, 1.807) is 0 Å². The Morgan fingerprint density at radius 2 is 2.06 bits per heavy atom. The van der Waals surface area contributed by atoms with Crippen molar-refractivity contribution in [2.24, 2.45) is 0 Å². The van der Waals surface area contributed by atoms with E-state index in [4.69, 9.17) is 22.3 Å². The molecule has 1 aromatic rings. The number of hydrogen-bond donors (Lipinski definition) is 0. The van der Waals surface area contributed by atoms with Gasteiger partial charge in [0.25, 0.3) is 9.05 Å². The molecule has 0 aliphatic carbocycles. The lowest BCUT2D eigenvalue weighted by Crippen LogP contribution is -2.05. The minimum absolute atomic E-state index is 0.214. The summed E-state index contributed by atoms with van der Waals surface area (Å²) in [6, 6.07) is 5.77. The zero-order valence-electron chi connectivity index (χ0n) is 8.18. The Kier molecular flexibility index (Phi) is 4.18. The van der Waals surface area contributed by atoms with Crippen molar-refractivity contribution in [2.45, 2.75) is 4.71 Å². The van der Waals surface area contributed by atoms with Crippen LogP contribution in [0.1, 0.15) is 20.6 Å². The van der Waals surface area contributed by atoms with Crippen LogP contribution in [-0.4, -0.2) is 21.5 Å². The van der Waals surface area contributed by atoms with Crippen LogP contribution in [0.15, 0.2) is 24.3 Å². The Morgan fingerprint density at radius 3 is 2.56 bits per heavy atom. The number of benzene rings is 1. The first-order valence-corrected chi connectivity index (χ1v) is 6.93. The molecule has 0 fully saturated rings. The first-order valence-electron chi connectivity index (χ1n) is 4.12. The summed E-state index contributed by atoms with van der Waals surface area (Å²) in [6.45, 7) is 0. The summed E-state index contributed by atoms with van der Waals surface area (Å²) in [5.41, 5.74) is 0.436. The lowest BCUT2D eigenvalue weighted by Gasteiger charge is -2.07. The number of methoxy groups -OCH3 is 1. The van der Waals surface area contributed by atoms with E-state index in [1.807, 2.05) is 0 Å². The fourth-order valence-electron chi connectivity index (χ4n) is 1.09. The molecule has 1 rings (SSSR count). The third-order valence-corrected chi connectivity index (χ3v) is 4.35. The van der Waals surface area contributed by atoms with Gasteiger partial charge in [0.05, 0.1) is 12.7 Å². The molecule has 88 valence electrons. The molecule has 0 bridgehead atoms. The van der Waals surface area contributed by atoms with Crippen molar-refractivity contribution in [1.29, 1.82) is 0 Å². The van der Waals surface area contributed by atoms with Crippen molar-refractivity contribution < 1.29 is 17.9 Å². The monoisotopic (exact) mass is 282 g/mol. The van der Waals surface area contributed by atoms with Crippen LogP contribution in [-0.2, 0) is 13.8 Å². The Bertz CT molecular complexity index is 498. The van der Waals surface area contributed by atoms with Gasteiger partial charge in [0.1, 0.15) is 0 Å². The second-order valence-corrected chi connectivity index (χ2v) is 6.32. The standard InChI is InChI=1S/C9H8Cl2O4S/c1-15-9(12)7-4-2-3-6(5-7)8(10)16(11,13)14/h2-5,8H,1H3. The molecule has 0 spiro atoms. The topological polar surface area (TPSA) is 60.4 Å². The van der Waals surface area contributed by atoms with E-state index in [2.05, 4.69) is 4.74 Å². The van der Waals surface area contributed by atoms with Gasteiger partial charge in [-0.05, 0) is 17.7 Å². The predicted molar refractivity (Wildman–Crippen MR) is 61.1 cm³/mol. The van der Waals surface area contributed by atoms with Crippen molar-refractivity contribution in [3.05, 3.63) is 35.4 Å². The van der Waals surface area contributed by atoms with E-state index in [1.165, 1.54) is 31.4 Å². The van der Waals surface area contributed by atoms with Crippen molar-refractivity contribution in [2.75, 3.05) is 7.11 Å². The number of carbonyl (C=O) groups excluding carboxylic acids is 1. The van der Waals surface area contributed by atoms with Crippen LogP contribution in [0.3, 0.4) is 0 Å². The minimum atomic E-state index is -3.92. The van der Waals surface area contributed by atoms with E-state index in [0.29, 0.717) is 0 Å². The second-order valence-electron chi connectivity index (χ2n) is 2.91. The van der Waals surface area contributed by atoms with Crippen LogP contribution in [0.4, 0.5) is 0 Å². The molecule has 0 aromatic heterocycles. The summed E-state index contributed by atoms with van der Waals surface area (Å²) in [5, 5.41) is 0. The van der Waals surface area contributed by atoms with E-state index in [9.17, 15) is 13.2 Å². The third-order valence-electron chi connectivity index (χ3n) is 1.82. The Hall–Kier alpha value is -0.780. The summed E-state index contributed by atoms with van der Waals surface area (Å²) in [5.74, 6) is -0.572. The first kappa shape index (κ1) is 13.3. The van der Waals surface area contributed by atoms with Gasteiger partial charge >= 0.3 is 5.97 Å². The lowest BCUT2D eigenvalue weighted by atomic mass is 10.1. The highest BCUT2D eigenvalue weighted by Crippen LogP contribution is 2.30. The van der Waals surface area contributed by atoms with Crippen LogP contribution in [0.2, 0.25) is 0 Å². The summed E-state index contributed by atoms with van der Waals surface area (Å²) in [4.78, 5) is 11.2. The number of rotatable bonds is 3. The maximum atomic E-state index is 11.2. The van der Waals surface area contributed by atoms with Gasteiger partial charge in [-0.3, -0.25) is 0 Å². The zero-order valence-corrected chi connectivity index (χ0v) is 10.5. The summed E-state index contributed by atoms with van der Waals surface area (Å²) >= 11 is 5.63. The summed E-state index contributed by atoms with van der Waals surface area (Å²) in [6.07, 6.45) is 0. The number of hydrogen-bond acceptors (Lipinski definition) is 4. The molecule has 1 unspecified atom stereocenters. The molecule has 0 heterocycles. The van der Waals surface area contributed by atoms with Gasteiger partial charge in [-0.1, -0.05) is 23.7 Å². The zero-order chi connectivity index (χ0) is 12.3. The molecule has 16 heavy (non-hydrogen) atoms. The van der Waals surface area contributed by atoms with Crippen molar-refractivity contribution in [3.63, 3.8) is 0 Å². The average Bonchev–Trinajstić information content (AvgIpc) is 2.26. The number of esters is 1. The maximum Gasteiger partial charge on any atom is 0.337 e. The molecule has 0 aliphatic heterocycles. The van der Waals surface area contributed by atoms with Crippen LogP contribution < -0.4 is 0 Å². The van der Waals surface area contributed by atoms with Gasteiger partial charge < -0.3 is 4.74 Å². The Morgan fingerprint density at radius 1 is 1.44 bits per heavy atom. The number of alkyl halides is 1. The fourth-order valence-corrected chi connectivity index (χ4v) is 2.00. The van der Waals surface area contributed by atoms with Crippen LogP contribution in [0.25, 0.3) is 0 Å². The van der Waals surface area contributed by atoms with Crippen molar-refractivity contribution in [1.82, 2.24) is 0 Å². The molecule has 0 aliphatic rings. The molecular formula is C9H8Cl2O4S. The van der Waals surface area contributed by atoms with Gasteiger partial charge in [0.15, 0.2) is 4.71 Å². The van der Waals surface area contributed by atoms with Crippen LogP contribution in [0, 0.1) is 0 Å². The molecule has 0 saturated carbocycles. The Labute approximate surface area is 103 Å². The number of halogens is 2. The first-order chi connectivity index (χ1) is 7.36. The minimum Gasteiger partial charge on any atom is -0.465 e. The Balaban J connectivity index is 3.13. The van der Waals surface area contributed by atoms with E-state index >= 15 is 0 Å². The largest absolute Gasteiger partial charge is 0.465 e. The van der Waals surface area contributed by atoms with E-state index < -0.39 is 19.7 Å². The van der Waals surface area contributed by atoms with Crippen molar-refractivity contribution >= 4 is 37.3 Å². The van der Waals surface area contributed by atoms with Gasteiger partial charge in [0.2, 0.25) is 0 Å². The highest BCUT2D eigenvalue weighted by molar-refractivity contribution is 8.14. The normalized spacial score (nSPS) is 13.2. The van der Waals surface area contributed by atoms with Crippen LogP contribution in [0.5, 0.6) is 0 Å². The highest BCUT2D eigenvalue weighted by atomic mass is 35.7. The molecule has 7 heteroatoms. The van der Waals surface area contributed by atoms with Gasteiger partial charge in [-0.2, -0.15) is 0 Å². The molecular weight excluding hydrogens is 275 g/mol. The van der Waals surface area contributed by atoms with Gasteiger partial charge in [0, 0.05) is 10.7 Å². The molecule has 0 amide bonds. The predicted octanol–water partition coefficient (Wildman–Crippen LogP) is 2.28. The maximum absolute atomic E-state index is 11.2. The smallest absolute Gasteiger partial charge is 0.337 e. The lowest BCUT2D eigenvalue weighted by molar-refractivity contribution is 0.0600. The fraction of sp³-hybridized carbons (Fsp3) is 0.222. The molecule has 0 saturated heterocycles. The molecule has 1 atom stereocenters. The van der Waals surface area contributed by atoms with E-state index in [-0.39, 0.29) is 11.1 Å². The number of ether oxygens (including phenoxy) is 1. The molecule has 4 nitrogen and oxygen atoms in total. The molecule has 1 aromatic carbocycles. The highest BCUT2D eigenvalue weighted by Gasteiger charge is 2.23. The van der Waals surface area contributed by atoms with Crippen LogP contribution >= 0.6 is 22.3 Å². The van der Waals surface area contributed by atoms with Gasteiger partial charge in [-0.25, -0.2) is 13.2 Å². The van der Waals surface area contributed by atoms with Crippen molar-refractivity contribution in [3.8, 4) is 0 Å².